The third-order valence-corrected chi connectivity index (χ3v) is 4.76. The minimum Gasteiger partial charge on any atom is -0.326 e. The zero-order valence-electron chi connectivity index (χ0n) is 14.8. The van der Waals surface area contributed by atoms with Crippen LogP contribution in [-0.4, -0.2) is 18.4 Å². The van der Waals surface area contributed by atoms with Crippen molar-refractivity contribution in [3.8, 4) is 0 Å². The molecule has 1 heterocycles. The molecule has 0 bridgehead atoms. The van der Waals surface area contributed by atoms with E-state index >= 15 is 0 Å². The number of rotatable bonds is 5. The summed E-state index contributed by atoms with van der Waals surface area (Å²) >= 11 is 0. The van der Waals surface area contributed by atoms with E-state index in [1.54, 1.807) is 11.8 Å². The fourth-order valence-corrected chi connectivity index (χ4v) is 3.34. The summed E-state index contributed by atoms with van der Waals surface area (Å²) in [4.78, 5) is 25.7. The smallest absolute Gasteiger partial charge is 0.224 e. The molecule has 0 spiro atoms. The van der Waals surface area contributed by atoms with Gasteiger partial charge in [0.2, 0.25) is 11.8 Å². The van der Waals surface area contributed by atoms with Crippen LogP contribution in [0, 0.1) is 6.92 Å². The van der Waals surface area contributed by atoms with Gasteiger partial charge in [-0.1, -0.05) is 30.3 Å². The van der Waals surface area contributed by atoms with Crippen LogP contribution in [0.15, 0.2) is 42.5 Å². The van der Waals surface area contributed by atoms with Gasteiger partial charge in [0.1, 0.15) is 0 Å². The van der Waals surface area contributed by atoms with Crippen molar-refractivity contribution in [3.63, 3.8) is 0 Å². The number of benzene rings is 2. The van der Waals surface area contributed by atoms with Gasteiger partial charge in [-0.25, -0.2) is 0 Å². The van der Waals surface area contributed by atoms with Gasteiger partial charge in [0.05, 0.1) is 0 Å². The number of anilines is 2. The lowest BCUT2D eigenvalue weighted by Crippen LogP contribution is -2.25. The van der Waals surface area contributed by atoms with E-state index in [2.05, 4.69) is 24.4 Å². The van der Waals surface area contributed by atoms with E-state index in [0.717, 1.165) is 42.7 Å². The van der Waals surface area contributed by atoms with Crippen molar-refractivity contribution in [1.29, 1.82) is 0 Å². The van der Waals surface area contributed by atoms with Gasteiger partial charge in [-0.3, -0.25) is 9.59 Å². The second-order valence-corrected chi connectivity index (χ2v) is 6.59. The van der Waals surface area contributed by atoms with E-state index in [1.165, 1.54) is 11.1 Å². The number of amides is 2. The minimum absolute atomic E-state index is 0.0147. The minimum atomic E-state index is 0.0147. The zero-order chi connectivity index (χ0) is 17.8. The van der Waals surface area contributed by atoms with Crippen molar-refractivity contribution in [2.75, 3.05) is 16.8 Å². The van der Waals surface area contributed by atoms with Gasteiger partial charge in [-0.15, -0.1) is 0 Å². The lowest BCUT2D eigenvalue weighted by molar-refractivity contribution is -0.117. The first-order valence-electron chi connectivity index (χ1n) is 8.80. The lowest BCUT2D eigenvalue weighted by Gasteiger charge is -2.16. The maximum atomic E-state index is 12.2. The highest BCUT2D eigenvalue weighted by Crippen LogP contribution is 2.31. The second kappa shape index (κ2) is 7.51. The quantitative estimate of drug-likeness (QED) is 0.901. The monoisotopic (exact) mass is 336 g/mol. The third-order valence-electron chi connectivity index (χ3n) is 4.76. The van der Waals surface area contributed by atoms with Crippen molar-refractivity contribution in [2.24, 2.45) is 0 Å². The Balaban J connectivity index is 1.56. The van der Waals surface area contributed by atoms with E-state index in [0.29, 0.717) is 6.42 Å². The fourth-order valence-electron chi connectivity index (χ4n) is 3.34. The van der Waals surface area contributed by atoms with Crippen LogP contribution in [0.25, 0.3) is 0 Å². The number of nitrogens with one attached hydrogen (secondary N) is 1. The molecule has 0 atom stereocenters. The Kier molecular flexibility index (Phi) is 5.17. The van der Waals surface area contributed by atoms with Crippen LogP contribution in [0.4, 0.5) is 11.4 Å². The maximum Gasteiger partial charge on any atom is 0.224 e. The third kappa shape index (κ3) is 4.08. The van der Waals surface area contributed by atoms with Crippen LogP contribution in [-0.2, 0) is 22.4 Å². The molecule has 1 aliphatic rings. The standard InChI is InChI=1S/C21H24N2O2/c1-15-6-3-4-7-17(15)8-5-9-21(25)22-19-11-10-18-12-13-23(16(2)24)20(18)14-19/h3-4,6-7,10-11,14H,5,8-9,12-13H2,1-2H3,(H,22,25). The summed E-state index contributed by atoms with van der Waals surface area (Å²) < 4.78 is 0. The Labute approximate surface area is 148 Å². The van der Waals surface area contributed by atoms with E-state index in [4.69, 9.17) is 0 Å². The number of nitrogens with zero attached hydrogens (tertiary/aromatic N) is 1. The normalized spacial score (nSPS) is 12.8. The SMILES string of the molecule is CC(=O)N1CCc2ccc(NC(=O)CCCc3ccccc3C)cc21. The molecule has 0 saturated carbocycles. The van der Waals surface area contributed by atoms with E-state index in [1.807, 2.05) is 30.3 Å². The van der Waals surface area contributed by atoms with Gasteiger partial charge < -0.3 is 10.2 Å². The van der Waals surface area contributed by atoms with Gasteiger partial charge >= 0.3 is 0 Å². The van der Waals surface area contributed by atoms with Crippen LogP contribution in [0.5, 0.6) is 0 Å². The average Bonchev–Trinajstić information content (AvgIpc) is 3.00. The Morgan fingerprint density at radius 1 is 1.16 bits per heavy atom. The zero-order valence-corrected chi connectivity index (χ0v) is 14.8. The van der Waals surface area contributed by atoms with Crippen molar-refractivity contribution in [3.05, 3.63) is 59.2 Å². The molecule has 0 unspecified atom stereocenters. The number of carbonyl (C=O) groups excluding carboxylic acids is 2. The molecule has 2 aromatic carbocycles. The Hall–Kier alpha value is -2.62. The van der Waals surface area contributed by atoms with Crippen LogP contribution < -0.4 is 10.2 Å². The summed E-state index contributed by atoms with van der Waals surface area (Å²) in [5, 5.41) is 2.96. The Morgan fingerprint density at radius 3 is 2.72 bits per heavy atom. The van der Waals surface area contributed by atoms with E-state index < -0.39 is 0 Å². The Bertz CT molecular complexity index is 798. The number of carbonyl (C=O) groups is 2. The number of hydrogen-bond acceptors (Lipinski definition) is 2. The van der Waals surface area contributed by atoms with Crippen LogP contribution in [0.2, 0.25) is 0 Å². The summed E-state index contributed by atoms with van der Waals surface area (Å²) in [6.45, 7) is 4.39. The van der Waals surface area contributed by atoms with Gasteiger partial charge in [0.15, 0.2) is 0 Å². The molecule has 4 heteroatoms. The molecule has 1 aliphatic heterocycles. The van der Waals surface area contributed by atoms with Crippen molar-refractivity contribution in [1.82, 2.24) is 0 Å². The molecule has 130 valence electrons. The van der Waals surface area contributed by atoms with Crippen LogP contribution in [0.3, 0.4) is 0 Å². The molecule has 2 amide bonds. The predicted octanol–water partition coefficient (Wildman–Crippen LogP) is 3.87. The molecule has 1 N–H and O–H groups in total. The van der Waals surface area contributed by atoms with Gasteiger partial charge in [0.25, 0.3) is 0 Å². The summed E-state index contributed by atoms with van der Waals surface area (Å²) in [5.74, 6) is 0.0568. The predicted molar refractivity (Wildman–Crippen MR) is 101 cm³/mol. The second-order valence-electron chi connectivity index (χ2n) is 6.59. The fraction of sp³-hybridized carbons (Fsp3) is 0.333. The van der Waals surface area contributed by atoms with E-state index in [9.17, 15) is 9.59 Å². The topological polar surface area (TPSA) is 49.4 Å². The summed E-state index contributed by atoms with van der Waals surface area (Å²) in [7, 11) is 0. The number of fused-ring (bicyclic) bond motifs is 1. The maximum absolute atomic E-state index is 12.2. The van der Waals surface area contributed by atoms with Crippen molar-refractivity contribution < 1.29 is 9.59 Å². The molecule has 25 heavy (non-hydrogen) atoms. The average molecular weight is 336 g/mol. The first-order valence-corrected chi connectivity index (χ1v) is 8.80. The first-order chi connectivity index (χ1) is 12.0. The largest absolute Gasteiger partial charge is 0.326 e. The van der Waals surface area contributed by atoms with Gasteiger partial charge in [0, 0.05) is 31.3 Å². The highest BCUT2D eigenvalue weighted by atomic mass is 16.2. The molecule has 0 aromatic heterocycles. The number of aryl methyl sites for hydroxylation is 2. The molecule has 0 saturated heterocycles. The van der Waals surface area contributed by atoms with Crippen molar-refractivity contribution in [2.45, 2.75) is 39.5 Å². The molecule has 3 rings (SSSR count). The summed E-state index contributed by atoms with van der Waals surface area (Å²) in [6, 6.07) is 14.1. The highest BCUT2D eigenvalue weighted by molar-refractivity contribution is 5.96. The molecule has 0 aliphatic carbocycles. The van der Waals surface area contributed by atoms with Crippen molar-refractivity contribution >= 4 is 23.2 Å². The summed E-state index contributed by atoms with van der Waals surface area (Å²) in [6.07, 6.45) is 3.09. The van der Waals surface area contributed by atoms with Crippen LogP contribution >= 0.6 is 0 Å². The molecular formula is C21H24N2O2. The highest BCUT2D eigenvalue weighted by Gasteiger charge is 2.22. The number of hydrogen-bond donors (Lipinski definition) is 1. The molecule has 2 aromatic rings. The van der Waals surface area contributed by atoms with E-state index in [-0.39, 0.29) is 11.8 Å². The summed E-state index contributed by atoms with van der Waals surface area (Å²) in [5.41, 5.74) is 5.40. The molecular weight excluding hydrogens is 312 g/mol. The molecule has 0 radical (unpaired) electrons. The van der Waals surface area contributed by atoms with Gasteiger partial charge in [-0.2, -0.15) is 0 Å². The lowest BCUT2D eigenvalue weighted by atomic mass is 10.0. The van der Waals surface area contributed by atoms with Gasteiger partial charge in [-0.05, 0) is 55.0 Å². The molecule has 0 fully saturated rings. The van der Waals surface area contributed by atoms with Crippen LogP contribution in [0.1, 0.15) is 36.5 Å². The first kappa shape index (κ1) is 17.2. The molecule has 4 nitrogen and oxygen atoms in total. The Morgan fingerprint density at radius 2 is 1.96 bits per heavy atom.